The number of anilines is 1. The summed E-state index contributed by atoms with van der Waals surface area (Å²) in [6.45, 7) is 1.66. The molecule has 0 atom stereocenters. The zero-order valence-electron chi connectivity index (χ0n) is 14.6. The van der Waals surface area contributed by atoms with E-state index in [0.717, 1.165) is 24.4 Å². The van der Waals surface area contributed by atoms with Gasteiger partial charge in [0.1, 0.15) is 0 Å². The molecule has 0 fully saturated rings. The molecule has 3 N–H and O–H groups in total. The van der Waals surface area contributed by atoms with Crippen LogP contribution >= 0.6 is 0 Å². The summed E-state index contributed by atoms with van der Waals surface area (Å²) < 4.78 is 2.05. The number of primary amides is 1. The molecule has 0 aliphatic carbocycles. The van der Waals surface area contributed by atoms with Crippen LogP contribution in [-0.2, 0) is 30.6 Å². The minimum absolute atomic E-state index is 0.199. The van der Waals surface area contributed by atoms with Crippen LogP contribution in [-0.4, -0.2) is 22.0 Å². The van der Waals surface area contributed by atoms with Gasteiger partial charge in [0.05, 0.1) is 30.7 Å². The molecule has 0 radical (unpaired) electrons. The minimum atomic E-state index is -0.336. The van der Waals surface area contributed by atoms with Crippen molar-refractivity contribution in [3.8, 4) is 0 Å². The Morgan fingerprint density at radius 3 is 2.81 bits per heavy atom. The molecular weight excluding hydrogens is 324 g/mol. The molecule has 3 aromatic rings. The van der Waals surface area contributed by atoms with E-state index in [9.17, 15) is 4.79 Å². The van der Waals surface area contributed by atoms with Crippen LogP contribution in [0.4, 0.5) is 5.69 Å². The first kappa shape index (κ1) is 16.4. The van der Waals surface area contributed by atoms with Crippen molar-refractivity contribution >= 4 is 11.6 Å². The molecule has 1 amide bonds. The molecule has 5 nitrogen and oxygen atoms in total. The average molecular weight is 346 g/mol. The third-order valence-electron chi connectivity index (χ3n) is 4.86. The molecule has 0 saturated carbocycles. The van der Waals surface area contributed by atoms with Crippen LogP contribution in [0.15, 0.2) is 54.9 Å². The van der Waals surface area contributed by atoms with Crippen LogP contribution in [0.25, 0.3) is 0 Å². The number of benzene rings is 2. The van der Waals surface area contributed by atoms with Gasteiger partial charge in [-0.15, -0.1) is 0 Å². The first-order valence-corrected chi connectivity index (χ1v) is 8.90. The molecule has 26 heavy (non-hydrogen) atoms. The first-order valence-electron chi connectivity index (χ1n) is 8.90. The van der Waals surface area contributed by atoms with E-state index in [1.807, 2.05) is 24.5 Å². The molecule has 1 aromatic heterocycles. The van der Waals surface area contributed by atoms with Crippen LogP contribution < -0.4 is 11.1 Å². The standard InChI is InChI=1S/C21H22N4O/c22-20(26)12-19-18(11-15-5-2-1-3-6-15)24-14-25(19)13-17-8-4-7-16-9-10-23-21(16)17/h1-8,14,23H,9-13H2,(H2,22,26). The van der Waals surface area contributed by atoms with Gasteiger partial charge in [-0.2, -0.15) is 0 Å². The molecule has 132 valence electrons. The highest BCUT2D eigenvalue weighted by Gasteiger charge is 2.17. The van der Waals surface area contributed by atoms with Gasteiger partial charge in [-0.05, 0) is 23.1 Å². The summed E-state index contributed by atoms with van der Waals surface area (Å²) in [5.41, 5.74) is 12.3. The number of carbonyl (C=O) groups excluding carboxylic acids is 1. The van der Waals surface area contributed by atoms with Gasteiger partial charge in [-0.1, -0.05) is 48.5 Å². The number of nitrogens with zero attached hydrogens (tertiary/aromatic N) is 2. The van der Waals surface area contributed by atoms with E-state index in [-0.39, 0.29) is 12.3 Å². The number of para-hydroxylation sites is 1. The fourth-order valence-corrected chi connectivity index (χ4v) is 3.62. The Balaban J connectivity index is 1.66. The number of amides is 1. The zero-order valence-corrected chi connectivity index (χ0v) is 14.6. The lowest BCUT2D eigenvalue weighted by molar-refractivity contribution is -0.117. The van der Waals surface area contributed by atoms with Gasteiger partial charge in [0.15, 0.2) is 0 Å². The SMILES string of the molecule is NC(=O)Cc1c(Cc2ccccc2)ncn1Cc1cccc2c1NCC2. The zero-order chi connectivity index (χ0) is 17.9. The lowest BCUT2D eigenvalue weighted by Gasteiger charge is -2.13. The number of carbonyl (C=O) groups is 1. The van der Waals surface area contributed by atoms with Crippen molar-refractivity contribution in [3.05, 3.63) is 82.9 Å². The van der Waals surface area contributed by atoms with Crippen LogP contribution in [0.1, 0.15) is 28.1 Å². The fourth-order valence-electron chi connectivity index (χ4n) is 3.62. The fraction of sp³-hybridized carbons (Fsp3) is 0.238. The highest BCUT2D eigenvalue weighted by atomic mass is 16.1. The number of rotatable bonds is 6. The Morgan fingerprint density at radius 2 is 2.00 bits per heavy atom. The van der Waals surface area contributed by atoms with E-state index in [4.69, 9.17) is 5.73 Å². The Bertz CT molecular complexity index is 930. The molecular formula is C21H22N4O. The van der Waals surface area contributed by atoms with Crippen LogP contribution in [0, 0.1) is 0 Å². The summed E-state index contributed by atoms with van der Waals surface area (Å²) in [5, 5.41) is 3.47. The smallest absolute Gasteiger partial charge is 0.223 e. The number of hydrogen-bond acceptors (Lipinski definition) is 3. The molecule has 1 aliphatic heterocycles. The molecule has 2 heterocycles. The van der Waals surface area contributed by atoms with Crippen molar-refractivity contribution in [2.24, 2.45) is 5.73 Å². The van der Waals surface area contributed by atoms with Crippen molar-refractivity contribution in [3.63, 3.8) is 0 Å². The summed E-state index contributed by atoms with van der Waals surface area (Å²) in [4.78, 5) is 16.2. The predicted octanol–water partition coefficient (Wildman–Crippen LogP) is 2.52. The van der Waals surface area contributed by atoms with Crippen LogP contribution in [0.3, 0.4) is 0 Å². The van der Waals surface area contributed by atoms with Gasteiger partial charge in [0.2, 0.25) is 5.91 Å². The Kier molecular flexibility index (Phi) is 4.44. The van der Waals surface area contributed by atoms with Gasteiger partial charge >= 0.3 is 0 Å². The van der Waals surface area contributed by atoms with Crippen LogP contribution in [0.5, 0.6) is 0 Å². The lowest BCUT2D eigenvalue weighted by atomic mass is 10.1. The maximum atomic E-state index is 11.6. The number of nitrogens with two attached hydrogens (primary N) is 1. The molecule has 0 saturated heterocycles. The van der Waals surface area contributed by atoms with Crippen molar-refractivity contribution in [2.75, 3.05) is 11.9 Å². The Hall–Kier alpha value is -3.08. The van der Waals surface area contributed by atoms with E-state index >= 15 is 0 Å². The van der Waals surface area contributed by atoms with Crippen molar-refractivity contribution in [1.82, 2.24) is 9.55 Å². The van der Waals surface area contributed by atoms with E-state index in [0.29, 0.717) is 13.0 Å². The molecule has 2 aromatic carbocycles. The number of hydrogen-bond donors (Lipinski definition) is 2. The van der Waals surface area contributed by atoms with Gasteiger partial charge in [0.25, 0.3) is 0 Å². The summed E-state index contributed by atoms with van der Waals surface area (Å²) in [6.07, 6.45) is 3.78. The third-order valence-corrected chi connectivity index (χ3v) is 4.86. The quantitative estimate of drug-likeness (QED) is 0.720. The minimum Gasteiger partial charge on any atom is -0.384 e. The lowest BCUT2D eigenvalue weighted by Crippen LogP contribution is -2.18. The molecule has 4 rings (SSSR count). The summed E-state index contributed by atoms with van der Waals surface area (Å²) in [5.74, 6) is -0.336. The van der Waals surface area contributed by atoms with Crippen molar-refractivity contribution in [2.45, 2.75) is 25.8 Å². The molecule has 1 aliphatic rings. The normalized spacial score (nSPS) is 12.6. The van der Waals surface area contributed by atoms with E-state index in [1.54, 1.807) is 0 Å². The van der Waals surface area contributed by atoms with Gasteiger partial charge in [-0.3, -0.25) is 4.79 Å². The molecule has 0 bridgehead atoms. The van der Waals surface area contributed by atoms with Gasteiger partial charge in [0, 0.05) is 18.7 Å². The highest BCUT2D eigenvalue weighted by Crippen LogP contribution is 2.27. The Labute approximate surface area is 152 Å². The van der Waals surface area contributed by atoms with Crippen LogP contribution in [0.2, 0.25) is 0 Å². The topological polar surface area (TPSA) is 72.9 Å². The van der Waals surface area contributed by atoms with Gasteiger partial charge < -0.3 is 15.6 Å². The number of nitrogens with one attached hydrogen (secondary N) is 1. The summed E-state index contributed by atoms with van der Waals surface area (Å²) in [6, 6.07) is 16.5. The summed E-state index contributed by atoms with van der Waals surface area (Å²) in [7, 11) is 0. The largest absolute Gasteiger partial charge is 0.384 e. The second kappa shape index (κ2) is 7.04. The number of imidazole rings is 1. The summed E-state index contributed by atoms with van der Waals surface area (Å²) >= 11 is 0. The molecule has 0 unspecified atom stereocenters. The highest BCUT2D eigenvalue weighted by molar-refractivity contribution is 5.76. The number of aromatic nitrogens is 2. The Morgan fingerprint density at radius 1 is 1.15 bits per heavy atom. The van der Waals surface area contributed by atoms with Crippen molar-refractivity contribution < 1.29 is 4.79 Å². The van der Waals surface area contributed by atoms with E-state index < -0.39 is 0 Å². The maximum Gasteiger partial charge on any atom is 0.223 e. The predicted molar refractivity (Wildman–Crippen MR) is 102 cm³/mol. The average Bonchev–Trinajstić information content (AvgIpc) is 3.25. The number of fused-ring (bicyclic) bond motifs is 1. The van der Waals surface area contributed by atoms with Crippen molar-refractivity contribution in [1.29, 1.82) is 0 Å². The third kappa shape index (κ3) is 3.33. The molecule has 0 spiro atoms. The maximum absolute atomic E-state index is 11.6. The second-order valence-electron chi connectivity index (χ2n) is 6.70. The molecule has 5 heteroatoms. The van der Waals surface area contributed by atoms with Gasteiger partial charge in [-0.25, -0.2) is 4.98 Å². The second-order valence-corrected chi connectivity index (χ2v) is 6.70. The van der Waals surface area contributed by atoms with E-state index in [2.05, 4.69) is 45.2 Å². The van der Waals surface area contributed by atoms with E-state index in [1.165, 1.54) is 22.4 Å². The monoisotopic (exact) mass is 346 g/mol. The first-order chi connectivity index (χ1) is 12.7.